The zero-order valence-corrected chi connectivity index (χ0v) is 13.8. The molecule has 1 rings (SSSR count). The minimum absolute atomic E-state index is 0.00496. The first-order chi connectivity index (χ1) is 10.4. The molecule has 0 spiro atoms. The summed E-state index contributed by atoms with van der Waals surface area (Å²) in [6, 6.07) is 2.65. The Labute approximate surface area is 136 Å². The number of carbonyl (C=O) groups is 1. The smallest absolute Gasteiger partial charge is 0.307 e. The van der Waals surface area contributed by atoms with Crippen LogP contribution in [0.1, 0.15) is 18.9 Å². The zero-order valence-electron chi connectivity index (χ0n) is 12.2. The van der Waals surface area contributed by atoms with E-state index in [9.17, 15) is 9.18 Å². The Morgan fingerprint density at radius 3 is 2.82 bits per heavy atom. The van der Waals surface area contributed by atoms with Crippen molar-refractivity contribution in [1.29, 1.82) is 10.7 Å². The lowest BCUT2D eigenvalue weighted by Gasteiger charge is -2.19. The van der Waals surface area contributed by atoms with Crippen molar-refractivity contribution in [3.8, 4) is 6.19 Å². The lowest BCUT2D eigenvalue weighted by Crippen LogP contribution is -2.29. The molecule has 22 heavy (non-hydrogen) atoms. The lowest BCUT2D eigenvalue weighted by molar-refractivity contribution is -0.143. The molecule has 0 radical (unpaired) electrons. The molecule has 0 bridgehead atoms. The van der Waals surface area contributed by atoms with Crippen LogP contribution in [0.25, 0.3) is 0 Å². The number of nitriles is 1. The monoisotopic (exact) mass is 370 g/mol. The van der Waals surface area contributed by atoms with Crippen molar-refractivity contribution in [3.63, 3.8) is 0 Å². The van der Waals surface area contributed by atoms with Gasteiger partial charge in [-0.25, -0.2) is 4.39 Å². The molecule has 1 aromatic rings. The Hall–Kier alpha value is -2.14. The molecule has 6 nitrogen and oxygen atoms in total. The summed E-state index contributed by atoms with van der Waals surface area (Å²) in [6.07, 6.45) is 1.79. The molecule has 0 aromatic heterocycles. The maximum absolute atomic E-state index is 13.7. The molecule has 0 heterocycles. The maximum atomic E-state index is 13.7. The summed E-state index contributed by atoms with van der Waals surface area (Å²) in [5.41, 5.74) is 0.725. The number of hydrogen-bond acceptors (Lipinski definition) is 5. The van der Waals surface area contributed by atoms with Crippen LogP contribution in [0.5, 0.6) is 0 Å². The minimum Gasteiger partial charge on any atom is -0.466 e. The van der Waals surface area contributed by atoms with E-state index in [0.717, 1.165) is 11.0 Å². The van der Waals surface area contributed by atoms with Crippen molar-refractivity contribution >= 4 is 33.4 Å². The molecule has 0 unspecified atom stereocenters. The first-order valence-corrected chi connectivity index (χ1v) is 7.32. The van der Waals surface area contributed by atoms with Gasteiger partial charge in [-0.2, -0.15) is 5.26 Å². The van der Waals surface area contributed by atoms with Gasteiger partial charge in [0.25, 0.3) is 0 Å². The van der Waals surface area contributed by atoms with Gasteiger partial charge < -0.3 is 10.1 Å². The molecule has 8 heteroatoms. The summed E-state index contributed by atoms with van der Waals surface area (Å²) < 4.78 is 18.7. The van der Waals surface area contributed by atoms with Crippen molar-refractivity contribution in [1.82, 2.24) is 4.90 Å². The third kappa shape index (κ3) is 4.43. The first-order valence-electron chi connectivity index (χ1n) is 6.53. The second kappa shape index (κ2) is 8.34. The molecule has 0 aliphatic carbocycles. The fourth-order valence-corrected chi connectivity index (χ4v) is 2.09. The largest absolute Gasteiger partial charge is 0.466 e. The van der Waals surface area contributed by atoms with E-state index in [2.05, 4.69) is 21.2 Å². The minimum atomic E-state index is -0.540. The van der Waals surface area contributed by atoms with Gasteiger partial charge in [-0.1, -0.05) is 0 Å². The van der Waals surface area contributed by atoms with Crippen LogP contribution in [0.2, 0.25) is 0 Å². The highest BCUT2D eigenvalue weighted by Gasteiger charge is 2.18. The average Bonchev–Trinajstić information content (AvgIpc) is 2.50. The number of hydrogen-bond donors (Lipinski definition) is 2. The van der Waals surface area contributed by atoms with Crippen LogP contribution in [0.15, 0.2) is 16.6 Å². The standard InChI is InChI=1S/C14H16BrFN4O2/c1-3-22-13(21)4-5-20(8-17)14(18)9-6-11(16)10(15)7-12(9)19-2/h6-7,18-19H,3-5H2,1-2H3. The van der Waals surface area contributed by atoms with Crippen molar-refractivity contribution in [2.75, 3.05) is 25.5 Å². The van der Waals surface area contributed by atoms with Gasteiger partial charge in [0.15, 0.2) is 6.19 Å². The number of halogens is 2. The Morgan fingerprint density at radius 2 is 2.27 bits per heavy atom. The lowest BCUT2D eigenvalue weighted by atomic mass is 10.1. The normalized spacial score (nSPS) is 9.77. The maximum Gasteiger partial charge on any atom is 0.307 e. The van der Waals surface area contributed by atoms with Gasteiger partial charge in [0.2, 0.25) is 0 Å². The number of ether oxygens (including phenoxy) is 1. The molecule has 0 atom stereocenters. The highest BCUT2D eigenvalue weighted by Crippen LogP contribution is 2.25. The number of nitrogens with one attached hydrogen (secondary N) is 2. The summed E-state index contributed by atoms with van der Waals surface area (Å²) in [7, 11) is 1.63. The molecule has 2 N–H and O–H groups in total. The Morgan fingerprint density at radius 1 is 1.59 bits per heavy atom. The van der Waals surface area contributed by atoms with Crippen molar-refractivity contribution in [2.45, 2.75) is 13.3 Å². The second-order valence-electron chi connectivity index (χ2n) is 4.22. The van der Waals surface area contributed by atoms with Crippen LogP contribution in [0.3, 0.4) is 0 Å². The number of carbonyl (C=O) groups excluding carboxylic acids is 1. The van der Waals surface area contributed by atoms with Gasteiger partial charge in [0.05, 0.1) is 17.5 Å². The van der Waals surface area contributed by atoms with Crippen LogP contribution >= 0.6 is 15.9 Å². The van der Waals surface area contributed by atoms with E-state index in [1.54, 1.807) is 14.0 Å². The van der Waals surface area contributed by atoms with E-state index in [-0.39, 0.29) is 35.4 Å². The number of anilines is 1. The highest BCUT2D eigenvalue weighted by atomic mass is 79.9. The number of amidine groups is 1. The number of nitrogens with zero attached hydrogens (tertiary/aromatic N) is 2. The van der Waals surface area contributed by atoms with Gasteiger partial charge in [-0.3, -0.25) is 15.1 Å². The predicted molar refractivity (Wildman–Crippen MR) is 84.0 cm³/mol. The van der Waals surface area contributed by atoms with Crippen molar-refractivity contribution in [2.24, 2.45) is 0 Å². The van der Waals surface area contributed by atoms with E-state index < -0.39 is 11.8 Å². The number of benzene rings is 1. The Kier molecular flexibility index (Phi) is 6.79. The Bertz CT molecular complexity index is 616. The van der Waals surface area contributed by atoms with Crippen LogP contribution in [-0.4, -0.2) is 36.9 Å². The first kappa shape index (κ1) is 17.9. The fraction of sp³-hybridized carbons (Fsp3) is 0.357. The van der Waals surface area contributed by atoms with Crippen molar-refractivity contribution < 1.29 is 13.9 Å². The molecule has 1 aromatic carbocycles. The Balaban J connectivity index is 2.95. The molecule has 118 valence electrons. The van der Waals surface area contributed by atoms with Gasteiger partial charge in [0.1, 0.15) is 11.7 Å². The molecule has 0 fully saturated rings. The molecular weight excluding hydrogens is 355 g/mol. The van der Waals surface area contributed by atoms with E-state index in [1.165, 1.54) is 6.07 Å². The average molecular weight is 371 g/mol. The second-order valence-corrected chi connectivity index (χ2v) is 5.07. The van der Waals surface area contributed by atoms with E-state index >= 15 is 0 Å². The van der Waals surface area contributed by atoms with Crippen LogP contribution in [0, 0.1) is 22.7 Å². The summed E-state index contributed by atoms with van der Waals surface area (Å²) in [4.78, 5) is 12.4. The molecule has 0 saturated carbocycles. The van der Waals surface area contributed by atoms with Gasteiger partial charge in [0, 0.05) is 24.8 Å². The third-order valence-corrected chi connectivity index (χ3v) is 3.43. The van der Waals surface area contributed by atoms with Crippen molar-refractivity contribution in [3.05, 3.63) is 28.0 Å². The van der Waals surface area contributed by atoms with Gasteiger partial charge >= 0.3 is 5.97 Å². The van der Waals surface area contributed by atoms with Crippen LogP contribution < -0.4 is 5.32 Å². The summed E-state index contributed by atoms with van der Waals surface area (Å²) in [5, 5.41) is 20.1. The van der Waals surface area contributed by atoms with Gasteiger partial charge in [-0.05, 0) is 35.0 Å². The zero-order chi connectivity index (χ0) is 16.7. The SMILES string of the molecule is CCOC(=O)CCN(C#N)C(=N)c1cc(F)c(Br)cc1NC. The van der Waals surface area contributed by atoms with Gasteiger partial charge in [-0.15, -0.1) is 0 Å². The van der Waals surface area contributed by atoms with E-state index in [1.807, 2.05) is 6.19 Å². The summed E-state index contributed by atoms with van der Waals surface area (Å²) in [6.45, 7) is 1.94. The summed E-state index contributed by atoms with van der Waals surface area (Å²) in [5.74, 6) is -1.18. The highest BCUT2D eigenvalue weighted by molar-refractivity contribution is 9.10. The quantitative estimate of drug-likeness (QED) is 0.264. The fourth-order valence-electron chi connectivity index (χ4n) is 1.74. The molecular formula is C14H16BrFN4O2. The number of esters is 1. The molecule has 0 saturated heterocycles. The topological polar surface area (TPSA) is 89.2 Å². The van der Waals surface area contributed by atoms with Crippen LogP contribution in [-0.2, 0) is 9.53 Å². The predicted octanol–water partition coefficient (Wildman–Crippen LogP) is 2.69. The van der Waals surface area contributed by atoms with Crippen LogP contribution in [0.4, 0.5) is 10.1 Å². The van der Waals surface area contributed by atoms with E-state index in [4.69, 9.17) is 15.4 Å². The molecule has 0 aliphatic heterocycles. The molecule has 0 aliphatic rings. The number of rotatable bonds is 6. The summed E-state index contributed by atoms with van der Waals surface area (Å²) >= 11 is 3.07. The third-order valence-electron chi connectivity index (χ3n) is 2.82. The molecule has 0 amide bonds. The van der Waals surface area contributed by atoms with E-state index in [0.29, 0.717) is 5.69 Å².